The van der Waals surface area contributed by atoms with Crippen molar-refractivity contribution in [1.29, 1.82) is 0 Å². The fourth-order valence-corrected chi connectivity index (χ4v) is 3.18. The Morgan fingerprint density at radius 2 is 2.17 bits per heavy atom. The normalized spacial score (nSPS) is 23.7. The van der Waals surface area contributed by atoms with Gasteiger partial charge in [-0.25, -0.2) is 0 Å². The van der Waals surface area contributed by atoms with Gasteiger partial charge in [-0.05, 0) is 62.9 Å². The number of hydrogen-bond donors (Lipinski definition) is 3. The number of amides is 2. The first kappa shape index (κ1) is 16.9. The van der Waals surface area contributed by atoms with E-state index in [1.54, 1.807) is 24.3 Å². The number of hydrogen-bond acceptors (Lipinski definition) is 4. The van der Waals surface area contributed by atoms with Gasteiger partial charge in [0.15, 0.2) is 0 Å². The zero-order valence-corrected chi connectivity index (χ0v) is 13.8. The van der Waals surface area contributed by atoms with E-state index >= 15 is 0 Å². The van der Waals surface area contributed by atoms with Crippen molar-refractivity contribution >= 4 is 17.5 Å². The first-order valence-corrected chi connectivity index (χ1v) is 8.74. The highest BCUT2D eigenvalue weighted by molar-refractivity contribution is 5.98. The van der Waals surface area contributed by atoms with Crippen molar-refractivity contribution in [3.63, 3.8) is 0 Å². The van der Waals surface area contributed by atoms with Crippen LogP contribution in [0.25, 0.3) is 0 Å². The number of rotatable bonds is 5. The molecule has 2 fully saturated rings. The van der Waals surface area contributed by atoms with Crippen LogP contribution in [0, 0.1) is 5.92 Å². The van der Waals surface area contributed by atoms with Crippen LogP contribution in [-0.2, 0) is 9.53 Å². The average Bonchev–Trinajstić information content (AvgIpc) is 3.15. The summed E-state index contributed by atoms with van der Waals surface area (Å²) in [6, 6.07) is 7.04. The summed E-state index contributed by atoms with van der Waals surface area (Å²) < 4.78 is 5.37. The molecule has 2 heterocycles. The molecule has 3 N–H and O–H groups in total. The Morgan fingerprint density at radius 3 is 2.92 bits per heavy atom. The summed E-state index contributed by atoms with van der Waals surface area (Å²) in [6.07, 6.45) is 3.59. The molecule has 130 valence electrons. The third kappa shape index (κ3) is 4.55. The average molecular weight is 331 g/mol. The summed E-state index contributed by atoms with van der Waals surface area (Å²) in [4.78, 5) is 24.4. The lowest BCUT2D eigenvalue weighted by Gasteiger charge is -2.22. The lowest BCUT2D eigenvalue weighted by Crippen LogP contribution is -2.38. The zero-order chi connectivity index (χ0) is 16.8. The van der Waals surface area contributed by atoms with E-state index in [0.717, 1.165) is 38.8 Å². The van der Waals surface area contributed by atoms with Crippen molar-refractivity contribution in [2.24, 2.45) is 5.92 Å². The molecule has 0 aromatic heterocycles. The highest BCUT2D eigenvalue weighted by Gasteiger charge is 2.23. The molecule has 3 rings (SSSR count). The minimum absolute atomic E-state index is 0.103. The zero-order valence-electron chi connectivity index (χ0n) is 13.8. The third-order valence-electron chi connectivity index (χ3n) is 4.56. The Labute approximate surface area is 142 Å². The fraction of sp³-hybridized carbons (Fsp3) is 0.556. The van der Waals surface area contributed by atoms with Gasteiger partial charge < -0.3 is 20.7 Å². The maximum Gasteiger partial charge on any atom is 0.253 e. The largest absolute Gasteiger partial charge is 0.368 e. The Morgan fingerprint density at radius 1 is 1.25 bits per heavy atom. The predicted octanol–water partition coefficient (Wildman–Crippen LogP) is 1.53. The standard InChI is InChI=1S/C18H25N3O3/c22-17(20-12-13-4-2-8-19-11-13)14-5-1-6-15(10-14)21-18(23)16-7-3-9-24-16/h1,5-6,10,13,16,19H,2-4,7-9,11-12H2,(H,20,22)(H,21,23). The maximum absolute atomic E-state index is 12.3. The molecule has 2 aliphatic rings. The van der Waals surface area contributed by atoms with Crippen LogP contribution in [0.5, 0.6) is 0 Å². The van der Waals surface area contributed by atoms with E-state index in [4.69, 9.17) is 4.74 Å². The van der Waals surface area contributed by atoms with Crippen molar-refractivity contribution in [1.82, 2.24) is 10.6 Å². The van der Waals surface area contributed by atoms with Crippen LogP contribution in [0.2, 0.25) is 0 Å². The highest BCUT2D eigenvalue weighted by atomic mass is 16.5. The van der Waals surface area contributed by atoms with E-state index in [1.807, 2.05) is 0 Å². The van der Waals surface area contributed by atoms with Gasteiger partial charge in [0.25, 0.3) is 11.8 Å². The SMILES string of the molecule is O=C(NCC1CCCNC1)c1cccc(NC(=O)C2CCCO2)c1. The minimum Gasteiger partial charge on any atom is -0.368 e. The van der Waals surface area contributed by atoms with Crippen LogP contribution in [0.15, 0.2) is 24.3 Å². The van der Waals surface area contributed by atoms with E-state index in [0.29, 0.717) is 30.3 Å². The Hall–Kier alpha value is -1.92. The van der Waals surface area contributed by atoms with Gasteiger partial charge in [0.05, 0.1) is 0 Å². The second-order valence-electron chi connectivity index (χ2n) is 6.49. The van der Waals surface area contributed by atoms with Gasteiger partial charge in [0.2, 0.25) is 0 Å². The Bertz CT molecular complexity index is 579. The number of carbonyl (C=O) groups is 2. The van der Waals surface area contributed by atoms with Gasteiger partial charge in [-0.1, -0.05) is 6.07 Å². The van der Waals surface area contributed by atoms with Crippen molar-refractivity contribution < 1.29 is 14.3 Å². The first-order chi connectivity index (χ1) is 11.7. The molecular weight excluding hydrogens is 306 g/mol. The van der Waals surface area contributed by atoms with Crippen LogP contribution >= 0.6 is 0 Å². The van der Waals surface area contributed by atoms with E-state index < -0.39 is 0 Å². The lowest BCUT2D eigenvalue weighted by atomic mass is 9.99. The molecule has 0 saturated carbocycles. The molecule has 6 heteroatoms. The second-order valence-corrected chi connectivity index (χ2v) is 6.49. The van der Waals surface area contributed by atoms with Gasteiger partial charge in [0.1, 0.15) is 6.10 Å². The summed E-state index contributed by atoms with van der Waals surface area (Å²) in [7, 11) is 0. The molecule has 0 radical (unpaired) electrons. The number of benzene rings is 1. The molecule has 0 spiro atoms. The van der Waals surface area contributed by atoms with Gasteiger partial charge in [-0.15, -0.1) is 0 Å². The molecule has 0 bridgehead atoms. The first-order valence-electron chi connectivity index (χ1n) is 8.74. The van der Waals surface area contributed by atoms with Gasteiger partial charge >= 0.3 is 0 Å². The topological polar surface area (TPSA) is 79.5 Å². The molecule has 2 aliphatic heterocycles. The molecule has 2 saturated heterocycles. The summed E-state index contributed by atoms with van der Waals surface area (Å²) in [5, 5.41) is 9.16. The van der Waals surface area contributed by atoms with Crippen molar-refractivity contribution in [3.8, 4) is 0 Å². The van der Waals surface area contributed by atoms with Crippen LogP contribution in [0.1, 0.15) is 36.0 Å². The summed E-state index contributed by atoms with van der Waals surface area (Å²) in [5.74, 6) is 0.247. The van der Waals surface area contributed by atoms with E-state index in [9.17, 15) is 9.59 Å². The fourth-order valence-electron chi connectivity index (χ4n) is 3.18. The van der Waals surface area contributed by atoms with E-state index in [-0.39, 0.29) is 17.9 Å². The molecular formula is C18H25N3O3. The smallest absolute Gasteiger partial charge is 0.253 e. The van der Waals surface area contributed by atoms with Crippen molar-refractivity contribution in [2.45, 2.75) is 31.8 Å². The summed E-state index contributed by atoms with van der Waals surface area (Å²) in [6.45, 7) is 3.34. The molecule has 2 unspecified atom stereocenters. The van der Waals surface area contributed by atoms with Crippen molar-refractivity contribution in [2.75, 3.05) is 31.6 Å². The minimum atomic E-state index is -0.374. The van der Waals surface area contributed by atoms with Crippen molar-refractivity contribution in [3.05, 3.63) is 29.8 Å². The molecule has 2 amide bonds. The van der Waals surface area contributed by atoms with Gasteiger partial charge in [0, 0.05) is 24.4 Å². The van der Waals surface area contributed by atoms with Crippen LogP contribution in [-0.4, -0.2) is 44.2 Å². The molecule has 2 atom stereocenters. The quantitative estimate of drug-likeness (QED) is 0.764. The Kier molecular flexibility index (Phi) is 5.82. The van der Waals surface area contributed by atoms with Gasteiger partial charge in [-0.3, -0.25) is 9.59 Å². The molecule has 0 aliphatic carbocycles. The third-order valence-corrected chi connectivity index (χ3v) is 4.56. The lowest BCUT2D eigenvalue weighted by molar-refractivity contribution is -0.124. The number of carbonyl (C=O) groups excluding carboxylic acids is 2. The number of anilines is 1. The van der Waals surface area contributed by atoms with Crippen LogP contribution in [0.4, 0.5) is 5.69 Å². The molecule has 1 aromatic carbocycles. The van der Waals surface area contributed by atoms with Crippen LogP contribution < -0.4 is 16.0 Å². The van der Waals surface area contributed by atoms with Crippen LogP contribution in [0.3, 0.4) is 0 Å². The number of nitrogens with one attached hydrogen (secondary N) is 3. The monoisotopic (exact) mass is 331 g/mol. The molecule has 1 aromatic rings. The molecule has 24 heavy (non-hydrogen) atoms. The maximum atomic E-state index is 12.3. The molecule has 6 nitrogen and oxygen atoms in total. The summed E-state index contributed by atoms with van der Waals surface area (Å²) >= 11 is 0. The predicted molar refractivity (Wildman–Crippen MR) is 92.0 cm³/mol. The van der Waals surface area contributed by atoms with E-state index in [1.165, 1.54) is 0 Å². The highest BCUT2D eigenvalue weighted by Crippen LogP contribution is 2.16. The summed E-state index contributed by atoms with van der Waals surface area (Å²) in [5.41, 5.74) is 1.19. The number of piperidine rings is 1. The van der Waals surface area contributed by atoms with Gasteiger partial charge in [-0.2, -0.15) is 0 Å². The Balaban J connectivity index is 1.53. The van der Waals surface area contributed by atoms with E-state index in [2.05, 4.69) is 16.0 Å². The second kappa shape index (κ2) is 8.26. The number of ether oxygens (including phenoxy) is 1.